The molecule has 100 valence electrons. The number of thioether (sulfide) groups is 1. The zero-order valence-corrected chi connectivity index (χ0v) is 12.4. The molecule has 3 heteroatoms. The summed E-state index contributed by atoms with van der Waals surface area (Å²) in [6.45, 7) is 4.98. The summed E-state index contributed by atoms with van der Waals surface area (Å²) in [7, 11) is 2.24. The summed E-state index contributed by atoms with van der Waals surface area (Å²) in [6.07, 6.45) is 9.21. The van der Waals surface area contributed by atoms with E-state index in [-0.39, 0.29) is 0 Å². The van der Waals surface area contributed by atoms with Crippen molar-refractivity contribution in [3.63, 3.8) is 0 Å². The van der Waals surface area contributed by atoms with Crippen molar-refractivity contribution in [3.8, 4) is 0 Å². The van der Waals surface area contributed by atoms with Gasteiger partial charge in [-0.2, -0.15) is 11.8 Å². The average Bonchev–Trinajstić information content (AvgIpc) is 2.77. The van der Waals surface area contributed by atoms with Gasteiger partial charge in [-0.3, -0.25) is 0 Å². The Morgan fingerprint density at radius 2 is 1.88 bits per heavy atom. The number of rotatable bonds is 4. The second-order valence-corrected chi connectivity index (χ2v) is 7.10. The molecule has 17 heavy (non-hydrogen) atoms. The maximum absolute atomic E-state index is 3.90. The number of hydrogen-bond donors (Lipinski definition) is 1. The third-order valence-electron chi connectivity index (χ3n) is 4.69. The summed E-state index contributed by atoms with van der Waals surface area (Å²) in [5, 5.41) is 4.81. The molecular formula is C14H28N2S. The van der Waals surface area contributed by atoms with Gasteiger partial charge in [0.2, 0.25) is 0 Å². The monoisotopic (exact) mass is 256 g/mol. The highest BCUT2D eigenvalue weighted by atomic mass is 32.2. The summed E-state index contributed by atoms with van der Waals surface area (Å²) >= 11 is 2.05. The number of nitrogens with zero attached hydrogens (tertiary/aromatic N) is 1. The molecule has 0 bridgehead atoms. The topological polar surface area (TPSA) is 15.3 Å². The molecule has 1 aliphatic heterocycles. The lowest BCUT2D eigenvalue weighted by molar-refractivity contribution is 0.184. The van der Waals surface area contributed by atoms with Crippen LogP contribution in [-0.2, 0) is 0 Å². The van der Waals surface area contributed by atoms with Crippen LogP contribution in [0.2, 0.25) is 0 Å². The molecule has 2 fully saturated rings. The van der Waals surface area contributed by atoms with Crippen LogP contribution in [-0.4, -0.2) is 48.6 Å². The molecule has 1 heterocycles. The van der Waals surface area contributed by atoms with Crippen molar-refractivity contribution in [2.75, 3.05) is 26.4 Å². The standard InChI is InChI=1S/C14H28N2S/c1-11(12-6-8-16(2)9-7-12)15-13-4-5-14(10-13)17-3/h11-15H,4-10H2,1-3H3. The van der Waals surface area contributed by atoms with Crippen LogP contribution >= 0.6 is 11.8 Å². The fourth-order valence-electron chi connectivity index (χ4n) is 3.34. The summed E-state index contributed by atoms with van der Waals surface area (Å²) in [4.78, 5) is 2.46. The molecule has 2 nitrogen and oxygen atoms in total. The van der Waals surface area contributed by atoms with Gasteiger partial charge in [-0.1, -0.05) is 0 Å². The van der Waals surface area contributed by atoms with E-state index in [0.717, 1.165) is 17.2 Å². The molecule has 3 unspecified atom stereocenters. The largest absolute Gasteiger partial charge is 0.311 e. The Kier molecular flexibility index (Phi) is 5.19. The number of nitrogens with one attached hydrogen (secondary N) is 1. The van der Waals surface area contributed by atoms with Crippen LogP contribution in [0.5, 0.6) is 0 Å². The molecule has 0 spiro atoms. The van der Waals surface area contributed by atoms with E-state index >= 15 is 0 Å². The molecule has 0 radical (unpaired) electrons. The van der Waals surface area contributed by atoms with Crippen LogP contribution in [0.25, 0.3) is 0 Å². The SMILES string of the molecule is CSC1CCC(NC(C)C2CCN(C)CC2)C1. The van der Waals surface area contributed by atoms with Crippen LogP contribution in [0.3, 0.4) is 0 Å². The van der Waals surface area contributed by atoms with Crippen LogP contribution in [0.4, 0.5) is 0 Å². The first-order valence-electron chi connectivity index (χ1n) is 7.16. The first kappa shape index (κ1) is 13.7. The number of hydrogen-bond acceptors (Lipinski definition) is 3. The van der Waals surface area contributed by atoms with E-state index in [4.69, 9.17) is 0 Å². The first-order chi connectivity index (χ1) is 8.19. The van der Waals surface area contributed by atoms with E-state index in [9.17, 15) is 0 Å². The van der Waals surface area contributed by atoms with Crippen LogP contribution < -0.4 is 5.32 Å². The minimum Gasteiger partial charge on any atom is -0.311 e. The Hall–Kier alpha value is 0.270. The smallest absolute Gasteiger partial charge is 0.00805 e. The summed E-state index contributed by atoms with van der Waals surface area (Å²) in [6, 6.07) is 1.51. The Balaban J connectivity index is 1.72. The van der Waals surface area contributed by atoms with Gasteiger partial charge in [0.25, 0.3) is 0 Å². The highest BCUT2D eigenvalue weighted by molar-refractivity contribution is 7.99. The van der Waals surface area contributed by atoms with Crippen molar-refractivity contribution in [2.45, 2.75) is 56.4 Å². The molecule has 2 aliphatic rings. The maximum atomic E-state index is 3.90. The van der Waals surface area contributed by atoms with Crippen molar-refractivity contribution in [3.05, 3.63) is 0 Å². The second kappa shape index (κ2) is 6.44. The van der Waals surface area contributed by atoms with Gasteiger partial charge in [0, 0.05) is 17.3 Å². The molecular weight excluding hydrogens is 228 g/mol. The Labute approximate surface area is 111 Å². The normalized spacial score (nSPS) is 34.1. The average molecular weight is 256 g/mol. The molecule has 0 amide bonds. The Morgan fingerprint density at radius 1 is 1.18 bits per heavy atom. The number of piperidine rings is 1. The van der Waals surface area contributed by atoms with E-state index in [1.807, 2.05) is 0 Å². The van der Waals surface area contributed by atoms with Gasteiger partial charge in [-0.25, -0.2) is 0 Å². The second-order valence-electron chi connectivity index (χ2n) is 5.96. The van der Waals surface area contributed by atoms with Crippen LogP contribution in [0.1, 0.15) is 39.0 Å². The Morgan fingerprint density at radius 3 is 2.47 bits per heavy atom. The molecule has 1 saturated carbocycles. The molecule has 0 aromatic carbocycles. The molecule has 0 aromatic rings. The third kappa shape index (κ3) is 3.87. The van der Waals surface area contributed by atoms with Crippen molar-refractivity contribution >= 4 is 11.8 Å². The third-order valence-corrected chi connectivity index (χ3v) is 5.78. The van der Waals surface area contributed by atoms with E-state index in [1.165, 1.54) is 45.2 Å². The van der Waals surface area contributed by atoms with Crippen molar-refractivity contribution < 1.29 is 0 Å². The van der Waals surface area contributed by atoms with Crippen LogP contribution in [0, 0.1) is 5.92 Å². The lowest BCUT2D eigenvalue weighted by Gasteiger charge is -2.34. The maximum Gasteiger partial charge on any atom is 0.00805 e. The van der Waals surface area contributed by atoms with Gasteiger partial charge in [0.05, 0.1) is 0 Å². The molecule has 2 rings (SSSR count). The summed E-state index contributed by atoms with van der Waals surface area (Å²) < 4.78 is 0. The van der Waals surface area contributed by atoms with Gasteiger partial charge in [-0.15, -0.1) is 0 Å². The van der Waals surface area contributed by atoms with E-state index < -0.39 is 0 Å². The zero-order valence-electron chi connectivity index (χ0n) is 11.6. The highest BCUT2D eigenvalue weighted by Crippen LogP contribution is 2.29. The van der Waals surface area contributed by atoms with Gasteiger partial charge < -0.3 is 10.2 Å². The lowest BCUT2D eigenvalue weighted by Crippen LogP contribution is -2.44. The van der Waals surface area contributed by atoms with Gasteiger partial charge in [0.1, 0.15) is 0 Å². The minimum absolute atomic E-state index is 0.717. The number of likely N-dealkylation sites (tertiary alicyclic amines) is 1. The first-order valence-corrected chi connectivity index (χ1v) is 8.45. The van der Waals surface area contributed by atoms with E-state index in [1.54, 1.807) is 0 Å². The summed E-state index contributed by atoms with van der Waals surface area (Å²) in [5.41, 5.74) is 0. The Bertz CT molecular complexity index is 226. The highest BCUT2D eigenvalue weighted by Gasteiger charge is 2.28. The molecule has 3 atom stereocenters. The van der Waals surface area contributed by atoms with Crippen LogP contribution in [0.15, 0.2) is 0 Å². The molecule has 1 N–H and O–H groups in total. The fraction of sp³-hybridized carbons (Fsp3) is 1.00. The minimum atomic E-state index is 0.717. The zero-order chi connectivity index (χ0) is 12.3. The summed E-state index contributed by atoms with van der Waals surface area (Å²) in [5.74, 6) is 0.902. The van der Waals surface area contributed by atoms with Crippen molar-refractivity contribution in [1.29, 1.82) is 0 Å². The lowest BCUT2D eigenvalue weighted by atomic mass is 9.90. The van der Waals surface area contributed by atoms with Crippen molar-refractivity contribution in [1.82, 2.24) is 10.2 Å². The van der Waals surface area contributed by atoms with Gasteiger partial charge in [-0.05, 0) is 71.3 Å². The fourth-order valence-corrected chi connectivity index (χ4v) is 4.14. The van der Waals surface area contributed by atoms with E-state index in [2.05, 4.69) is 42.2 Å². The molecule has 1 aliphatic carbocycles. The van der Waals surface area contributed by atoms with E-state index in [0.29, 0.717) is 6.04 Å². The quantitative estimate of drug-likeness (QED) is 0.832. The predicted octanol–water partition coefficient (Wildman–Crippen LogP) is 2.59. The van der Waals surface area contributed by atoms with Gasteiger partial charge in [0.15, 0.2) is 0 Å². The predicted molar refractivity (Wildman–Crippen MR) is 77.8 cm³/mol. The van der Waals surface area contributed by atoms with Gasteiger partial charge >= 0.3 is 0 Å². The molecule has 0 aromatic heterocycles. The van der Waals surface area contributed by atoms with Crippen molar-refractivity contribution in [2.24, 2.45) is 5.92 Å². The molecule has 1 saturated heterocycles.